The second-order valence-electron chi connectivity index (χ2n) is 3.05. The van der Waals surface area contributed by atoms with Gasteiger partial charge in [-0.05, 0) is 18.2 Å². The largest absolute Gasteiger partial charge is 0.507 e. The lowest BCUT2D eigenvalue weighted by Gasteiger charge is -2.07. The van der Waals surface area contributed by atoms with Crippen molar-refractivity contribution in [2.45, 2.75) is 0 Å². The summed E-state index contributed by atoms with van der Waals surface area (Å²) in [6, 6.07) is 3.15. The van der Waals surface area contributed by atoms with Crippen molar-refractivity contribution in [1.82, 2.24) is 5.32 Å². The summed E-state index contributed by atoms with van der Waals surface area (Å²) in [6.07, 6.45) is 4.95. The van der Waals surface area contributed by atoms with E-state index in [9.17, 15) is 14.7 Å². The molecule has 88 valence electrons. The van der Waals surface area contributed by atoms with E-state index < -0.39 is 12.0 Å². The lowest BCUT2D eigenvalue weighted by molar-refractivity contribution is 0.0693. The van der Waals surface area contributed by atoms with E-state index in [0.29, 0.717) is 0 Å². The molecule has 0 heterocycles. The van der Waals surface area contributed by atoms with Crippen molar-refractivity contribution < 1.29 is 19.8 Å². The van der Waals surface area contributed by atoms with Gasteiger partial charge < -0.3 is 20.8 Å². The van der Waals surface area contributed by atoms with Crippen LogP contribution in [0.25, 0.3) is 0 Å². The quantitative estimate of drug-likeness (QED) is 0.460. The van der Waals surface area contributed by atoms with Gasteiger partial charge in [0.25, 0.3) is 0 Å². The van der Waals surface area contributed by atoms with Gasteiger partial charge in [-0.1, -0.05) is 5.92 Å². The van der Waals surface area contributed by atoms with E-state index >= 15 is 0 Å². The Balaban J connectivity index is 2.80. The molecule has 1 rings (SSSR count). The van der Waals surface area contributed by atoms with Gasteiger partial charge in [-0.15, -0.1) is 6.42 Å². The zero-order chi connectivity index (χ0) is 12.8. The van der Waals surface area contributed by atoms with Gasteiger partial charge in [0.15, 0.2) is 0 Å². The maximum absolute atomic E-state index is 11.2. The molecule has 0 saturated carbocycles. The number of terminal acetylenes is 1. The fourth-order valence-electron chi connectivity index (χ4n) is 1.09. The Labute approximate surface area is 97.3 Å². The summed E-state index contributed by atoms with van der Waals surface area (Å²) >= 11 is 0. The first kappa shape index (κ1) is 12.4. The van der Waals surface area contributed by atoms with Crippen LogP contribution >= 0.6 is 0 Å². The van der Waals surface area contributed by atoms with Crippen molar-refractivity contribution >= 4 is 17.7 Å². The number of carboxylic acid groups (broad SMARTS) is 1. The van der Waals surface area contributed by atoms with Gasteiger partial charge >= 0.3 is 12.0 Å². The fraction of sp³-hybridized carbons (Fsp3) is 0.0909. The molecule has 0 aliphatic carbocycles. The third-order valence-electron chi connectivity index (χ3n) is 1.84. The van der Waals surface area contributed by atoms with Crippen LogP contribution in [0.4, 0.5) is 10.5 Å². The third kappa shape index (κ3) is 3.43. The highest BCUT2D eigenvalue weighted by atomic mass is 16.4. The highest BCUT2D eigenvalue weighted by molar-refractivity contribution is 5.95. The second kappa shape index (κ2) is 5.42. The van der Waals surface area contributed by atoms with Gasteiger partial charge in [-0.25, -0.2) is 9.59 Å². The van der Waals surface area contributed by atoms with E-state index in [-0.39, 0.29) is 23.5 Å². The average molecular weight is 234 g/mol. The predicted octanol–water partition coefficient (Wildman–Crippen LogP) is 0.845. The number of aromatic hydroxyl groups is 1. The van der Waals surface area contributed by atoms with E-state index in [1.165, 1.54) is 12.1 Å². The average Bonchev–Trinajstić information content (AvgIpc) is 2.28. The van der Waals surface area contributed by atoms with Crippen LogP contribution < -0.4 is 10.6 Å². The number of carbonyl (C=O) groups excluding carboxylic acids is 1. The van der Waals surface area contributed by atoms with Crippen molar-refractivity contribution in [3.63, 3.8) is 0 Å². The van der Waals surface area contributed by atoms with Crippen molar-refractivity contribution in [2.24, 2.45) is 0 Å². The number of amides is 2. The number of hydrogen-bond acceptors (Lipinski definition) is 3. The number of benzene rings is 1. The van der Waals surface area contributed by atoms with Crippen LogP contribution in [0.1, 0.15) is 10.4 Å². The monoisotopic (exact) mass is 234 g/mol. The smallest absolute Gasteiger partial charge is 0.339 e. The van der Waals surface area contributed by atoms with Gasteiger partial charge in [0.2, 0.25) is 0 Å². The van der Waals surface area contributed by atoms with E-state index in [1.807, 2.05) is 0 Å². The summed E-state index contributed by atoms with van der Waals surface area (Å²) in [4.78, 5) is 21.9. The Hall–Kier alpha value is -2.68. The van der Waals surface area contributed by atoms with Crippen molar-refractivity contribution in [1.29, 1.82) is 0 Å². The highest BCUT2D eigenvalue weighted by Crippen LogP contribution is 2.21. The van der Waals surface area contributed by atoms with Crippen molar-refractivity contribution in [3.8, 4) is 18.1 Å². The number of urea groups is 1. The first-order chi connectivity index (χ1) is 8.04. The minimum absolute atomic E-state index is 0.0652. The number of rotatable bonds is 3. The molecule has 4 N–H and O–H groups in total. The number of carboxylic acids is 1. The summed E-state index contributed by atoms with van der Waals surface area (Å²) < 4.78 is 0. The lowest BCUT2D eigenvalue weighted by atomic mass is 10.2. The number of aromatic carboxylic acids is 1. The summed E-state index contributed by atoms with van der Waals surface area (Å²) in [5.74, 6) is 0.566. The predicted molar refractivity (Wildman–Crippen MR) is 60.9 cm³/mol. The molecule has 0 atom stereocenters. The molecule has 0 spiro atoms. The highest BCUT2D eigenvalue weighted by Gasteiger charge is 2.11. The standard InChI is InChI=1S/C11H10N2O4/c1-2-5-12-11(17)13-7-3-4-9(14)8(6-7)10(15)16/h1,3-4,6,14H,5H2,(H,15,16)(H2,12,13,17). The normalized spacial score (nSPS) is 9.12. The number of nitrogens with one attached hydrogen (secondary N) is 2. The minimum Gasteiger partial charge on any atom is -0.507 e. The first-order valence-corrected chi connectivity index (χ1v) is 4.59. The summed E-state index contributed by atoms with van der Waals surface area (Å²) in [5, 5.41) is 22.7. The maximum atomic E-state index is 11.2. The van der Waals surface area contributed by atoms with E-state index in [4.69, 9.17) is 11.5 Å². The molecule has 0 bridgehead atoms. The summed E-state index contributed by atoms with van der Waals surface area (Å²) in [7, 11) is 0. The van der Waals surface area contributed by atoms with Gasteiger partial charge in [0.1, 0.15) is 11.3 Å². The molecule has 6 heteroatoms. The molecular weight excluding hydrogens is 224 g/mol. The number of carbonyl (C=O) groups is 2. The molecular formula is C11H10N2O4. The van der Waals surface area contributed by atoms with Crippen LogP contribution in [-0.2, 0) is 0 Å². The zero-order valence-corrected chi connectivity index (χ0v) is 8.73. The number of hydrogen-bond donors (Lipinski definition) is 4. The maximum Gasteiger partial charge on any atom is 0.339 e. The molecule has 1 aromatic carbocycles. The Kier molecular flexibility index (Phi) is 3.95. The number of anilines is 1. The molecule has 17 heavy (non-hydrogen) atoms. The van der Waals surface area contributed by atoms with Crippen LogP contribution in [0.5, 0.6) is 5.75 Å². The minimum atomic E-state index is -1.28. The molecule has 0 radical (unpaired) electrons. The molecule has 2 amide bonds. The summed E-state index contributed by atoms with van der Waals surface area (Å²) in [6.45, 7) is 0.0652. The van der Waals surface area contributed by atoms with Gasteiger partial charge in [-0.3, -0.25) is 0 Å². The van der Waals surface area contributed by atoms with E-state index in [2.05, 4.69) is 16.6 Å². The Bertz CT molecular complexity index is 491. The van der Waals surface area contributed by atoms with Gasteiger partial charge in [0, 0.05) is 5.69 Å². The zero-order valence-electron chi connectivity index (χ0n) is 8.73. The molecule has 1 aromatic rings. The SMILES string of the molecule is C#CCNC(=O)Nc1ccc(O)c(C(=O)O)c1. The molecule has 0 aromatic heterocycles. The topological polar surface area (TPSA) is 98.7 Å². The third-order valence-corrected chi connectivity index (χ3v) is 1.84. The molecule has 0 aliphatic rings. The van der Waals surface area contributed by atoms with Crippen LogP contribution in [-0.4, -0.2) is 28.8 Å². The van der Waals surface area contributed by atoms with E-state index in [0.717, 1.165) is 6.07 Å². The molecule has 0 unspecified atom stereocenters. The Morgan fingerprint density at radius 3 is 2.71 bits per heavy atom. The fourth-order valence-corrected chi connectivity index (χ4v) is 1.09. The Morgan fingerprint density at radius 1 is 1.41 bits per heavy atom. The van der Waals surface area contributed by atoms with Crippen LogP contribution in [0.15, 0.2) is 18.2 Å². The van der Waals surface area contributed by atoms with Crippen molar-refractivity contribution in [3.05, 3.63) is 23.8 Å². The molecule has 6 nitrogen and oxygen atoms in total. The molecule has 0 fully saturated rings. The van der Waals surface area contributed by atoms with Gasteiger partial charge in [0.05, 0.1) is 6.54 Å². The van der Waals surface area contributed by atoms with Crippen molar-refractivity contribution in [2.75, 3.05) is 11.9 Å². The molecule has 0 aliphatic heterocycles. The Morgan fingerprint density at radius 2 is 2.12 bits per heavy atom. The summed E-state index contributed by atoms with van der Waals surface area (Å²) in [5.41, 5.74) is -0.0468. The lowest BCUT2D eigenvalue weighted by Crippen LogP contribution is -2.28. The van der Waals surface area contributed by atoms with Crippen LogP contribution in [0.3, 0.4) is 0 Å². The van der Waals surface area contributed by atoms with Crippen LogP contribution in [0.2, 0.25) is 0 Å². The van der Waals surface area contributed by atoms with Crippen LogP contribution in [0, 0.1) is 12.3 Å². The first-order valence-electron chi connectivity index (χ1n) is 4.59. The van der Waals surface area contributed by atoms with Gasteiger partial charge in [-0.2, -0.15) is 0 Å². The molecule has 0 saturated heterocycles. The van der Waals surface area contributed by atoms with E-state index in [1.54, 1.807) is 0 Å². The second-order valence-corrected chi connectivity index (χ2v) is 3.05. The number of phenols is 1.